The van der Waals surface area contributed by atoms with E-state index in [0.29, 0.717) is 15.8 Å². The van der Waals surface area contributed by atoms with Gasteiger partial charge in [0, 0.05) is 10.1 Å². The van der Waals surface area contributed by atoms with Crippen molar-refractivity contribution in [1.29, 1.82) is 0 Å². The van der Waals surface area contributed by atoms with Crippen LogP contribution in [0.25, 0.3) is 0 Å². The van der Waals surface area contributed by atoms with Gasteiger partial charge in [0.25, 0.3) is 5.91 Å². The summed E-state index contributed by atoms with van der Waals surface area (Å²) in [4.78, 5) is 24.5. The van der Waals surface area contributed by atoms with E-state index in [-0.39, 0.29) is 12.3 Å². The van der Waals surface area contributed by atoms with Crippen molar-refractivity contribution in [3.63, 3.8) is 0 Å². The number of thioether (sulfide) groups is 1. The van der Waals surface area contributed by atoms with Crippen LogP contribution in [0.2, 0.25) is 0 Å². The van der Waals surface area contributed by atoms with Crippen LogP contribution >= 0.6 is 23.1 Å². The number of thiophene rings is 1. The van der Waals surface area contributed by atoms with Crippen molar-refractivity contribution in [2.45, 2.75) is 30.4 Å². The number of amides is 2. The molecule has 6 heteroatoms. The number of rotatable bonds is 6. The fourth-order valence-electron chi connectivity index (χ4n) is 1.91. The number of benzene rings is 1. The molecule has 0 unspecified atom stereocenters. The summed E-state index contributed by atoms with van der Waals surface area (Å²) < 4.78 is 0. The highest BCUT2D eigenvalue weighted by atomic mass is 32.2. The molecule has 4 nitrogen and oxygen atoms in total. The van der Waals surface area contributed by atoms with Crippen LogP contribution in [-0.2, 0) is 11.2 Å². The minimum Gasteiger partial charge on any atom is -0.366 e. The van der Waals surface area contributed by atoms with Gasteiger partial charge in [-0.2, -0.15) is 0 Å². The van der Waals surface area contributed by atoms with Crippen LogP contribution in [0.4, 0.5) is 5.00 Å². The Morgan fingerprint density at radius 2 is 1.91 bits per heavy atom. The molecule has 0 aliphatic rings. The third-order valence-electron chi connectivity index (χ3n) is 2.84. The van der Waals surface area contributed by atoms with Crippen molar-refractivity contribution in [3.05, 3.63) is 46.8 Å². The maximum atomic E-state index is 12.1. The van der Waals surface area contributed by atoms with Gasteiger partial charge in [-0.15, -0.1) is 23.1 Å². The fourth-order valence-corrected chi connectivity index (χ4v) is 3.56. The zero-order valence-electron chi connectivity index (χ0n) is 12.5. The van der Waals surface area contributed by atoms with Crippen molar-refractivity contribution in [3.8, 4) is 0 Å². The largest absolute Gasteiger partial charge is 0.366 e. The van der Waals surface area contributed by atoms with E-state index in [1.165, 1.54) is 16.2 Å². The van der Waals surface area contributed by atoms with Crippen LogP contribution in [0, 0.1) is 0 Å². The highest BCUT2D eigenvalue weighted by Crippen LogP contribution is 2.24. The van der Waals surface area contributed by atoms with Crippen LogP contribution in [-0.4, -0.2) is 17.1 Å². The first-order valence-corrected chi connectivity index (χ1v) is 8.64. The molecule has 0 atom stereocenters. The highest BCUT2D eigenvalue weighted by molar-refractivity contribution is 7.99. The van der Waals surface area contributed by atoms with Crippen LogP contribution in [0.3, 0.4) is 0 Å². The van der Waals surface area contributed by atoms with E-state index in [1.807, 2.05) is 24.3 Å². The van der Waals surface area contributed by atoms with Crippen molar-refractivity contribution < 1.29 is 9.59 Å². The number of anilines is 1. The van der Waals surface area contributed by atoms with Gasteiger partial charge in [0.1, 0.15) is 5.00 Å². The topological polar surface area (TPSA) is 72.2 Å². The molecule has 116 valence electrons. The number of nitrogens with two attached hydrogens (primary N) is 1. The summed E-state index contributed by atoms with van der Waals surface area (Å²) in [7, 11) is 0. The van der Waals surface area contributed by atoms with Crippen LogP contribution in [0.5, 0.6) is 0 Å². The summed E-state index contributed by atoms with van der Waals surface area (Å²) in [5, 5.41) is 5.50. The van der Waals surface area contributed by atoms with Gasteiger partial charge in [0.05, 0.1) is 12.0 Å². The summed E-state index contributed by atoms with van der Waals surface area (Å²) in [5.74, 6) is -0.694. The second kappa shape index (κ2) is 7.47. The molecule has 1 aromatic carbocycles. The fraction of sp³-hybridized carbons (Fsp3) is 0.250. The SMILES string of the molecule is CC(C)Sc1ccc(CC(=O)Nc2sccc2C(N)=O)cc1. The third-order valence-corrected chi connectivity index (χ3v) is 4.69. The number of primary amides is 1. The average molecular weight is 334 g/mol. The molecule has 3 N–H and O–H groups in total. The summed E-state index contributed by atoms with van der Waals surface area (Å²) in [6.45, 7) is 4.28. The van der Waals surface area contributed by atoms with E-state index < -0.39 is 5.91 Å². The van der Waals surface area contributed by atoms with E-state index in [0.717, 1.165) is 5.56 Å². The van der Waals surface area contributed by atoms with Crippen LogP contribution in [0.15, 0.2) is 40.6 Å². The Morgan fingerprint density at radius 3 is 2.50 bits per heavy atom. The van der Waals surface area contributed by atoms with Gasteiger partial charge in [-0.1, -0.05) is 26.0 Å². The van der Waals surface area contributed by atoms with Gasteiger partial charge in [-0.05, 0) is 29.1 Å². The standard InChI is InChI=1S/C16H18N2O2S2/c1-10(2)22-12-5-3-11(4-6-12)9-14(19)18-16-13(15(17)20)7-8-21-16/h3-8,10H,9H2,1-2H3,(H2,17,20)(H,18,19). The molecule has 0 saturated carbocycles. The van der Waals surface area contributed by atoms with E-state index in [2.05, 4.69) is 19.2 Å². The first kappa shape index (κ1) is 16.6. The second-order valence-corrected chi connectivity index (χ2v) is 7.63. The quantitative estimate of drug-likeness (QED) is 0.794. The Bertz CT molecular complexity index is 663. The lowest BCUT2D eigenvalue weighted by atomic mass is 10.1. The summed E-state index contributed by atoms with van der Waals surface area (Å²) in [6, 6.07) is 9.56. The molecule has 2 rings (SSSR count). The van der Waals surface area contributed by atoms with Crippen LogP contribution in [0.1, 0.15) is 29.8 Å². The molecule has 1 aromatic heterocycles. The number of carbonyl (C=O) groups excluding carboxylic acids is 2. The Balaban J connectivity index is 1.97. The molecule has 2 aromatic rings. The van der Waals surface area contributed by atoms with Gasteiger partial charge in [-0.25, -0.2) is 0 Å². The number of nitrogens with one attached hydrogen (secondary N) is 1. The Kier molecular flexibility index (Phi) is 5.63. The number of carbonyl (C=O) groups is 2. The molecule has 22 heavy (non-hydrogen) atoms. The Hall–Kier alpha value is -1.79. The van der Waals surface area contributed by atoms with E-state index in [4.69, 9.17) is 5.73 Å². The van der Waals surface area contributed by atoms with Crippen molar-refractivity contribution in [1.82, 2.24) is 0 Å². The first-order chi connectivity index (χ1) is 10.5. The molecule has 0 radical (unpaired) electrons. The molecule has 0 bridgehead atoms. The van der Waals surface area contributed by atoms with Crippen molar-refractivity contribution >= 4 is 39.9 Å². The monoisotopic (exact) mass is 334 g/mol. The normalized spacial score (nSPS) is 10.7. The molecule has 0 saturated heterocycles. The molecule has 0 aliphatic carbocycles. The molecule has 0 spiro atoms. The zero-order valence-corrected chi connectivity index (χ0v) is 14.1. The second-order valence-electron chi connectivity index (χ2n) is 5.06. The van der Waals surface area contributed by atoms with E-state index in [1.54, 1.807) is 23.2 Å². The molecule has 2 amide bonds. The van der Waals surface area contributed by atoms with Gasteiger partial charge >= 0.3 is 0 Å². The third kappa shape index (κ3) is 4.61. The van der Waals surface area contributed by atoms with Gasteiger partial charge in [0.15, 0.2) is 0 Å². The van der Waals surface area contributed by atoms with Crippen molar-refractivity contribution in [2.75, 3.05) is 5.32 Å². The lowest BCUT2D eigenvalue weighted by Crippen LogP contribution is -2.17. The minimum absolute atomic E-state index is 0.158. The summed E-state index contributed by atoms with van der Waals surface area (Å²) in [5.41, 5.74) is 6.54. The molecular formula is C16H18N2O2S2. The van der Waals surface area contributed by atoms with E-state index >= 15 is 0 Å². The van der Waals surface area contributed by atoms with Gasteiger partial charge < -0.3 is 11.1 Å². The highest BCUT2D eigenvalue weighted by Gasteiger charge is 2.12. The Morgan fingerprint density at radius 1 is 1.23 bits per heavy atom. The molecule has 1 heterocycles. The Labute approximate surface area is 138 Å². The molecule has 0 fully saturated rings. The van der Waals surface area contributed by atoms with Gasteiger partial charge in [-0.3, -0.25) is 9.59 Å². The predicted molar refractivity (Wildman–Crippen MR) is 92.6 cm³/mol. The van der Waals surface area contributed by atoms with Crippen molar-refractivity contribution in [2.24, 2.45) is 5.73 Å². The molecular weight excluding hydrogens is 316 g/mol. The van der Waals surface area contributed by atoms with Crippen LogP contribution < -0.4 is 11.1 Å². The number of hydrogen-bond donors (Lipinski definition) is 2. The van der Waals surface area contributed by atoms with Gasteiger partial charge in [0.2, 0.25) is 5.91 Å². The smallest absolute Gasteiger partial charge is 0.251 e. The molecule has 0 aliphatic heterocycles. The summed E-state index contributed by atoms with van der Waals surface area (Å²) >= 11 is 3.07. The predicted octanol–water partition coefficient (Wildman–Crippen LogP) is 3.53. The summed E-state index contributed by atoms with van der Waals surface area (Å²) in [6.07, 6.45) is 0.267. The zero-order chi connectivity index (χ0) is 16.1. The average Bonchev–Trinajstić information content (AvgIpc) is 2.88. The first-order valence-electron chi connectivity index (χ1n) is 6.88. The minimum atomic E-state index is -0.536. The lowest BCUT2D eigenvalue weighted by Gasteiger charge is -2.07. The maximum Gasteiger partial charge on any atom is 0.251 e. The number of hydrogen-bond acceptors (Lipinski definition) is 4. The van der Waals surface area contributed by atoms with E-state index in [9.17, 15) is 9.59 Å². The lowest BCUT2D eigenvalue weighted by molar-refractivity contribution is -0.115. The maximum absolute atomic E-state index is 12.1.